The molecule has 0 unspecified atom stereocenters. The zero-order chi connectivity index (χ0) is 21.8. The molecular weight excluding hydrogens is 434 g/mol. The van der Waals surface area contributed by atoms with Crippen LogP contribution >= 0.6 is 22.9 Å². The molecule has 0 fully saturated rings. The molecule has 0 radical (unpaired) electrons. The van der Waals surface area contributed by atoms with Gasteiger partial charge in [0, 0.05) is 16.5 Å². The average Bonchev–Trinajstić information content (AvgIpc) is 3.42. The lowest BCUT2D eigenvalue weighted by atomic mass is 10.0. The molecule has 4 rings (SSSR count). The summed E-state index contributed by atoms with van der Waals surface area (Å²) in [6.07, 6.45) is 0. The SMILES string of the molecule is CCOC(=O)c1c(-c2ccccc2)csc1NC(=O)c1ccc(-c2ccccc2Cl)o1. The Hall–Kier alpha value is -3.35. The highest BCUT2D eigenvalue weighted by Crippen LogP contribution is 2.37. The second-order valence-corrected chi connectivity index (χ2v) is 7.82. The number of thiophene rings is 1. The molecular formula is C24H18ClNO4S. The number of hydrogen-bond acceptors (Lipinski definition) is 5. The fraction of sp³-hybridized carbons (Fsp3) is 0.0833. The van der Waals surface area contributed by atoms with Crippen LogP contribution in [-0.4, -0.2) is 18.5 Å². The van der Waals surface area contributed by atoms with Crippen LogP contribution in [0.2, 0.25) is 5.02 Å². The van der Waals surface area contributed by atoms with Gasteiger partial charge in [-0.1, -0.05) is 54.1 Å². The normalized spacial score (nSPS) is 10.6. The van der Waals surface area contributed by atoms with E-state index in [4.69, 9.17) is 20.8 Å². The van der Waals surface area contributed by atoms with E-state index in [9.17, 15) is 9.59 Å². The quantitative estimate of drug-likeness (QED) is 0.329. The smallest absolute Gasteiger partial charge is 0.341 e. The first kappa shape index (κ1) is 20.9. The molecule has 4 aromatic rings. The molecule has 2 heterocycles. The third-order valence-electron chi connectivity index (χ3n) is 4.55. The van der Waals surface area contributed by atoms with Gasteiger partial charge >= 0.3 is 5.97 Å². The average molecular weight is 452 g/mol. The maximum atomic E-state index is 12.8. The first-order chi connectivity index (χ1) is 15.1. The van der Waals surface area contributed by atoms with Crippen molar-refractivity contribution in [2.75, 3.05) is 11.9 Å². The lowest BCUT2D eigenvalue weighted by Gasteiger charge is -2.08. The van der Waals surface area contributed by atoms with E-state index >= 15 is 0 Å². The van der Waals surface area contributed by atoms with E-state index in [1.807, 2.05) is 53.9 Å². The van der Waals surface area contributed by atoms with E-state index in [0.29, 0.717) is 32.5 Å². The van der Waals surface area contributed by atoms with Crippen molar-refractivity contribution in [2.45, 2.75) is 6.92 Å². The van der Waals surface area contributed by atoms with E-state index in [1.54, 1.807) is 25.1 Å². The number of amides is 1. The summed E-state index contributed by atoms with van der Waals surface area (Å²) in [5.41, 5.74) is 2.58. The number of rotatable bonds is 6. The van der Waals surface area contributed by atoms with Gasteiger partial charge in [0.05, 0.1) is 11.6 Å². The zero-order valence-electron chi connectivity index (χ0n) is 16.6. The molecule has 0 aliphatic carbocycles. The molecule has 0 spiro atoms. The Balaban J connectivity index is 1.64. The van der Waals surface area contributed by atoms with Crippen molar-refractivity contribution >= 4 is 39.8 Å². The summed E-state index contributed by atoms with van der Waals surface area (Å²) in [5.74, 6) is -0.365. The monoisotopic (exact) mass is 451 g/mol. The molecule has 2 aromatic heterocycles. The van der Waals surface area contributed by atoms with Crippen LogP contribution in [0.1, 0.15) is 27.8 Å². The number of halogens is 1. The van der Waals surface area contributed by atoms with Gasteiger partial charge in [0.1, 0.15) is 16.3 Å². The van der Waals surface area contributed by atoms with Crippen molar-refractivity contribution in [1.82, 2.24) is 0 Å². The lowest BCUT2D eigenvalue weighted by Crippen LogP contribution is -2.14. The van der Waals surface area contributed by atoms with Gasteiger partial charge < -0.3 is 14.5 Å². The number of carbonyl (C=O) groups is 2. The minimum absolute atomic E-state index is 0.111. The lowest BCUT2D eigenvalue weighted by molar-refractivity contribution is 0.0529. The van der Waals surface area contributed by atoms with Gasteiger partial charge in [-0.2, -0.15) is 0 Å². The summed E-state index contributed by atoms with van der Waals surface area (Å²) in [4.78, 5) is 25.5. The zero-order valence-corrected chi connectivity index (χ0v) is 18.1. The van der Waals surface area contributed by atoms with Crippen LogP contribution in [-0.2, 0) is 4.74 Å². The van der Waals surface area contributed by atoms with Crippen LogP contribution < -0.4 is 5.32 Å². The maximum absolute atomic E-state index is 12.8. The summed E-state index contributed by atoms with van der Waals surface area (Å²) in [6, 6.07) is 20.0. The second-order valence-electron chi connectivity index (χ2n) is 6.54. The number of furan rings is 1. The van der Waals surface area contributed by atoms with E-state index in [1.165, 1.54) is 11.3 Å². The highest BCUT2D eigenvalue weighted by atomic mass is 35.5. The number of ether oxygens (including phenoxy) is 1. The van der Waals surface area contributed by atoms with Gasteiger partial charge in [0.25, 0.3) is 5.91 Å². The summed E-state index contributed by atoms with van der Waals surface area (Å²) in [5, 5.41) is 5.54. The van der Waals surface area contributed by atoms with Crippen molar-refractivity contribution in [3.63, 3.8) is 0 Å². The minimum Gasteiger partial charge on any atom is -0.462 e. The Morgan fingerprint density at radius 1 is 1.00 bits per heavy atom. The van der Waals surface area contributed by atoms with E-state index in [0.717, 1.165) is 5.56 Å². The Morgan fingerprint density at radius 2 is 1.74 bits per heavy atom. The molecule has 0 aliphatic rings. The topological polar surface area (TPSA) is 68.5 Å². The van der Waals surface area contributed by atoms with Gasteiger partial charge in [-0.15, -0.1) is 11.3 Å². The molecule has 0 saturated carbocycles. The third kappa shape index (κ3) is 4.40. The molecule has 0 aliphatic heterocycles. The Morgan fingerprint density at radius 3 is 2.48 bits per heavy atom. The molecule has 7 heteroatoms. The molecule has 1 amide bonds. The molecule has 5 nitrogen and oxygen atoms in total. The Labute approximate surface area is 188 Å². The van der Waals surface area contributed by atoms with Crippen LogP contribution in [0, 0.1) is 0 Å². The molecule has 31 heavy (non-hydrogen) atoms. The third-order valence-corrected chi connectivity index (χ3v) is 5.78. The predicted octanol–water partition coefficient (Wildman–Crippen LogP) is 6.76. The maximum Gasteiger partial charge on any atom is 0.341 e. The van der Waals surface area contributed by atoms with Gasteiger partial charge in [0.15, 0.2) is 5.76 Å². The number of carbonyl (C=O) groups excluding carboxylic acids is 2. The Kier molecular flexibility index (Phi) is 6.21. The molecule has 1 N–H and O–H groups in total. The second kappa shape index (κ2) is 9.20. The van der Waals surface area contributed by atoms with Gasteiger partial charge in [-0.25, -0.2) is 4.79 Å². The van der Waals surface area contributed by atoms with Crippen LogP contribution in [0.15, 0.2) is 76.5 Å². The number of nitrogens with one attached hydrogen (secondary N) is 1. The van der Waals surface area contributed by atoms with Crippen LogP contribution in [0.25, 0.3) is 22.5 Å². The van der Waals surface area contributed by atoms with Crippen molar-refractivity contribution in [3.8, 4) is 22.5 Å². The standard InChI is InChI=1S/C24H18ClNO4S/c1-2-29-24(28)21-17(15-8-4-3-5-9-15)14-31-23(21)26-22(27)20-13-12-19(30-20)16-10-6-7-11-18(16)25/h3-14H,2H2,1H3,(H,26,27). The summed E-state index contributed by atoms with van der Waals surface area (Å²) in [6.45, 7) is 1.97. The van der Waals surface area contributed by atoms with Crippen molar-refractivity contribution in [3.05, 3.63) is 88.5 Å². The van der Waals surface area contributed by atoms with Gasteiger partial charge in [-0.05, 0) is 36.8 Å². The van der Waals surface area contributed by atoms with Gasteiger partial charge in [0.2, 0.25) is 0 Å². The van der Waals surface area contributed by atoms with E-state index < -0.39 is 11.9 Å². The summed E-state index contributed by atoms with van der Waals surface area (Å²) >= 11 is 7.47. The number of hydrogen-bond donors (Lipinski definition) is 1. The number of esters is 1. The molecule has 0 atom stereocenters. The fourth-order valence-corrected chi connectivity index (χ4v) is 4.30. The van der Waals surface area contributed by atoms with Crippen LogP contribution in [0.4, 0.5) is 5.00 Å². The van der Waals surface area contributed by atoms with Crippen molar-refractivity contribution < 1.29 is 18.7 Å². The highest BCUT2D eigenvalue weighted by molar-refractivity contribution is 7.15. The molecule has 2 aromatic carbocycles. The van der Waals surface area contributed by atoms with E-state index in [2.05, 4.69) is 5.32 Å². The van der Waals surface area contributed by atoms with Gasteiger partial charge in [-0.3, -0.25) is 4.79 Å². The Bertz CT molecular complexity index is 1230. The fourth-order valence-electron chi connectivity index (χ4n) is 3.12. The van der Waals surface area contributed by atoms with E-state index in [-0.39, 0.29) is 12.4 Å². The van der Waals surface area contributed by atoms with Crippen LogP contribution in [0.5, 0.6) is 0 Å². The number of anilines is 1. The molecule has 156 valence electrons. The highest BCUT2D eigenvalue weighted by Gasteiger charge is 2.24. The molecule has 0 saturated heterocycles. The minimum atomic E-state index is -0.492. The largest absolute Gasteiger partial charge is 0.462 e. The molecule has 0 bridgehead atoms. The van der Waals surface area contributed by atoms with Crippen molar-refractivity contribution in [2.24, 2.45) is 0 Å². The van der Waals surface area contributed by atoms with Crippen molar-refractivity contribution in [1.29, 1.82) is 0 Å². The first-order valence-electron chi connectivity index (χ1n) is 9.58. The summed E-state index contributed by atoms with van der Waals surface area (Å²) < 4.78 is 10.9. The predicted molar refractivity (Wildman–Crippen MR) is 123 cm³/mol. The van der Waals surface area contributed by atoms with Crippen LogP contribution in [0.3, 0.4) is 0 Å². The summed E-state index contributed by atoms with van der Waals surface area (Å²) in [7, 11) is 0. The number of benzene rings is 2. The first-order valence-corrected chi connectivity index (χ1v) is 10.8.